The number of aliphatic hydroxyl groups is 1. The summed E-state index contributed by atoms with van der Waals surface area (Å²) in [5.41, 5.74) is 4.81. The van der Waals surface area contributed by atoms with Gasteiger partial charge in [0.05, 0.1) is 37.4 Å². The standard InChI is InChI=1S/C33H51N3O10S2/c1-19(8-11-27-20(2)14-26(23(5)45-27)34-29(38)13-10-21(3)44-24(6)37)9-12-28-31(40)33(18-43-33)16-25(46-28)15-30(39)35-36-32(41)42-17-22(4)48-47-7/h8-10,12-13,20-23,25-28,31,40H,11,14-18H2,1-7H3,(H,34,38)(H,35,39)(H,36,41)/b12-9+,13-10-,19-8+/t20-,21-,22+,23+,25+,26+,27-,28+,31+,33+/m0/s1. The van der Waals surface area contributed by atoms with Crippen LogP contribution < -0.4 is 16.2 Å². The minimum atomic E-state index is -0.885. The summed E-state index contributed by atoms with van der Waals surface area (Å²) in [6.45, 7) is 11.5. The molecule has 3 rings (SSSR count). The molecule has 4 N–H and O–H groups in total. The van der Waals surface area contributed by atoms with E-state index < -0.39 is 48.0 Å². The molecule has 1 spiro atoms. The summed E-state index contributed by atoms with van der Waals surface area (Å²) in [7, 11) is 3.17. The summed E-state index contributed by atoms with van der Waals surface area (Å²) in [5.74, 6) is -0.935. The van der Waals surface area contributed by atoms with Crippen molar-refractivity contribution < 1.29 is 48.0 Å². The van der Waals surface area contributed by atoms with Crippen LogP contribution in [0, 0.1) is 5.92 Å². The molecule has 0 radical (unpaired) electrons. The van der Waals surface area contributed by atoms with E-state index in [9.17, 15) is 24.3 Å². The average molecular weight is 714 g/mol. The fraction of sp³-hybridized carbons (Fsp3) is 0.697. The van der Waals surface area contributed by atoms with Crippen LogP contribution >= 0.6 is 21.6 Å². The molecule has 0 aromatic rings. The Morgan fingerprint density at radius 1 is 1.10 bits per heavy atom. The van der Waals surface area contributed by atoms with Crippen LogP contribution in [0.3, 0.4) is 0 Å². The van der Waals surface area contributed by atoms with Crippen LogP contribution in [0.1, 0.15) is 67.2 Å². The highest BCUT2D eigenvalue weighted by Crippen LogP contribution is 2.43. The maximum absolute atomic E-state index is 12.5. The van der Waals surface area contributed by atoms with E-state index in [1.54, 1.807) is 34.6 Å². The minimum Gasteiger partial charge on any atom is -0.459 e. The fourth-order valence-electron chi connectivity index (χ4n) is 5.69. The highest BCUT2D eigenvalue weighted by atomic mass is 33.1. The van der Waals surface area contributed by atoms with Crippen LogP contribution in [0.4, 0.5) is 4.79 Å². The molecule has 0 aromatic carbocycles. The number of allylic oxidation sites excluding steroid dienone is 2. The molecular formula is C33H51N3O10S2. The van der Waals surface area contributed by atoms with Crippen LogP contribution in [0.15, 0.2) is 36.0 Å². The van der Waals surface area contributed by atoms with Crippen LogP contribution in [0.2, 0.25) is 0 Å². The molecule has 13 nitrogen and oxygen atoms in total. The first-order valence-corrected chi connectivity index (χ1v) is 18.9. The number of carbonyl (C=O) groups excluding carboxylic acids is 4. The van der Waals surface area contributed by atoms with E-state index in [1.165, 1.54) is 19.1 Å². The van der Waals surface area contributed by atoms with Crippen LogP contribution in [0.5, 0.6) is 0 Å². The molecule has 3 aliphatic heterocycles. The zero-order valence-corrected chi connectivity index (χ0v) is 30.4. The van der Waals surface area contributed by atoms with Crippen molar-refractivity contribution >= 4 is 45.5 Å². The fourth-order valence-corrected chi connectivity index (χ4v) is 7.29. The van der Waals surface area contributed by atoms with E-state index in [2.05, 4.69) is 29.2 Å². The predicted octanol–water partition coefficient (Wildman–Crippen LogP) is 3.52. The lowest BCUT2D eigenvalue weighted by atomic mass is 9.87. The molecule has 3 heterocycles. The van der Waals surface area contributed by atoms with E-state index in [-0.39, 0.29) is 48.4 Å². The summed E-state index contributed by atoms with van der Waals surface area (Å²) >= 11 is 0. The molecule has 3 amide bonds. The topological polar surface area (TPSA) is 174 Å². The largest absolute Gasteiger partial charge is 0.459 e. The van der Waals surface area contributed by atoms with E-state index in [4.69, 9.17) is 23.7 Å². The lowest BCUT2D eigenvalue weighted by Gasteiger charge is -2.39. The third kappa shape index (κ3) is 13.0. The van der Waals surface area contributed by atoms with Crippen LogP contribution in [-0.4, -0.2) is 102 Å². The van der Waals surface area contributed by atoms with E-state index in [1.807, 2.05) is 33.1 Å². The first-order valence-electron chi connectivity index (χ1n) is 16.3. The Hall–Kier alpha value is -2.56. The number of esters is 1. The zero-order chi connectivity index (χ0) is 35.4. The van der Waals surface area contributed by atoms with Gasteiger partial charge in [-0.25, -0.2) is 10.2 Å². The molecule has 270 valence electrons. The molecular weight excluding hydrogens is 663 g/mol. The lowest BCUT2D eigenvalue weighted by molar-refractivity contribution is -0.146. The number of ether oxygens (including phenoxy) is 5. The van der Waals surface area contributed by atoms with Gasteiger partial charge in [-0.3, -0.25) is 19.8 Å². The molecule has 48 heavy (non-hydrogen) atoms. The summed E-state index contributed by atoms with van der Waals surface area (Å²) < 4.78 is 28.1. The third-order valence-electron chi connectivity index (χ3n) is 8.35. The van der Waals surface area contributed by atoms with Gasteiger partial charge >= 0.3 is 12.1 Å². The second-order valence-corrected chi connectivity index (χ2v) is 15.6. The van der Waals surface area contributed by atoms with Crippen molar-refractivity contribution in [1.82, 2.24) is 16.2 Å². The Morgan fingerprint density at radius 2 is 1.83 bits per heavy atom. The van der Waals surface area contributed by atoms with Gasteiger partial charge in [-0.2, -0.15) is 0 Å². The Morgan fingerprint density at radius 3 is 2.50 bits per heavy atom. The number of hydrogen-bond donors (Lipinski definition) is 4. The van der Waals surface area contributed by atoms with Crippen molar-refractivity contribution in [3.63, 3.8) is 0 Å². The second kappa shape index (κ2) is 19.0. The van der Waals surface area contributed by atoms with E-state index in [0.29, 0.717) is 19.4 Å². The molecule has 0 bridgehead atoms. The van der Waals surface area contributed by atoms with Gasteiger partial charge in [0.1, 0.15) is 30.5 Å². The minimum absolute atomic E-state index is 0.0315. The number of rotatable bonds is 14. The van der Waals surface area contributed by atoms with Crippen LogP contribution in [-0.2, 0) is 38.1 Å². The predicted molar refractivity (Wildman–Crippen MR) is 184 cm³/mol. The highest BCUT2D eigenvalue weighted by molar-refractivity contribution is 8.76. The van der Waals surface area contributed by atoms with Crippen LogP contribution in [0.25, 0.3) is 0 Å². The maximum Gasteiger partial charge on any atom is 0.426 e. The summed E-state index contributed by atoms with van der Waals surface area (Å²) in [6, 6.07) is -0.151. The monoisotopic (exact) mass is 713 g/mol. The Labute approximate surface area is 291 Å². The van der Waals surface area contributed by atoms with Gasteiger partial charge in [0.15, 0.2) is 0 Å². The van der Waals surface area contributed by atoms with Crippen molar-refractivity contribution in [2.24, 2.45) is 5.92 Å². The van der Waals surface area contributed by atoms with Crippen molar-refractivity contribution in [2.45, 2.75) is 121 Å². The molecule has 10 atom stereocenters. The highest BCUT2D eigenvalue weighted by Gasteiger charge is 2.58. The number of aliphatic hydroxyl groups excluding tert-OH is 1. The van der Waals surface area contributed by atoms with Gasteiger partial charge in [-0.1, -0.05) is 52.3 Å². The van der Waals surface area contributed by atoms with Gasteiger partial charge in [-0.15, -0.1) is 0 Å². The molecule has 0 aromatic heterocycles. The Kier molecular flexibility index (Phi) is 15.8. The third-order valence-corrected chi connectivity index (χ3v) is 10.6. The van der Waals surface area contributed by atoms with Gasteiger partial charge in [0, 0.05) is 24.7 Å². The summed E-state index contributed by atoms with van der Waals surface area (Å²) in [5, 5.41) is 14.1. The zero-order valence-electron chi connectivity index (χ0n) is 28.8. The number of carbonyl (C=O) groups is 4. The smallest absolute Gasteiger partial charge is 0.426 e. The SMILES string of the molecule is CSS[C@H](C)COC(=O)NNC(=O)C[C@@H]1C[C@@]2(CO2)[C@H](O)[C@@H](/C=C/C(C)=C/C[C@@H]2O[C@H](C)[C@H](NC(=O)/C=C\[C@H](C)OC(C)=O)C[C@@H]2C)O1. The van der Waals surface area contributed by atoms with Crippen molar-refractivity contribution in [3.05, 3.63) is 36.0 Å². The average Bonchev–Trinajstić information content (AvgIpc) is 3.79. The number of amides is 3. The Balaban J connectivity index is 1.46. The van der Waals surface area contributed by atoms with Gasteiger partial charge in [-0.05, 0) is 58.8 Å². The molecule has 0 unspecified atom stereocenters. The normalized spacial score (nSPS) is 31.7. The maximum atomic E-state index is 12.5. The van der Waals surface area contributed by atoms with Gasteiger partial charge in [0.2, 0.25) is 11.8 Å². The second-order valence-electron chi connectivity index (χ2n) is 12.7. The number of hydrazine groups is 1. The summed E-state index contributed by atoms with van der Waals surface area (Å²) in [4.78, 5) is 47.9. The first-order chi connectivity index (χ1) is 22.7. The molecule has 3 saturated heterocycles. The lowest BCUT2D eigenvalue weighted by Crippen LogP contribution is -2.51. The van der Waals surface area contributed by atoms with Crippen molar-refractivity contribution in [3.8, 4) is 0 Å². The first kappa shape index (κ1) is 39.9. The van der Waals surface area contributed by atoms with E-state index in [0.717, 1.165) is 12.0 Å². The quantitative estimate of drug-likeness (QED) is 0.0516. The summed E-state index contributed by atoms with van der Waals surface area (Å²) in [6.07, 6.45) is 8.76. The van der Waals surface area contributed by atoms with E-state index >= 15 is 0 Å². The number of nitrogens with one attached hydrogen (secondary N) is 3. The van der Waals surface area contributed by atoms with Gasteiger partial charge < -0.3 is 34.1 Å². The van der Waals surface area contributed by atoms with Gasteiger partial charge in [0.25, 0.3) is 0 Å². The molecule has 3 aliphatic rings. The van der Waals surface area contributed by atoms with Crippen molar-refractivity contribution in [2.75, 3.05) is 19.5 Å². The number of epoxide rings is 1. The van der Waals surface area contributed by atoms with Crippen molar-refractivity contribution in [1.29, 1.82) is 0 Å². The Bertz CT molecular complexity index is 1210. The molecule has 15 heteroatoms. The molecule has 3 fully saturated rings. The molecule has 0 saturated carbocycles. The molecule has 0 aliphatic carbocycles. The number of hydrogen-bond acceptors (Lipinski definition) is 12.